The van der Waals surface area contributed by atoms with Gasteiger partial charge in [-0.25, -0.2) is 0 Å². The van der Waals surface area contributed by atoms with Gasteiger partial charge in [0, 0.05) is 12.3 Å². The van der Waals surface area contributed by atoms with E-state index in [9.17, 15) is 4.79 Å². The van der Waals surface area contributed by atoms with Crippen molar-refractivity contribution in [3.8, 4) is 5.75 Å². The third-order valence-corrected chi connectivity index (χ3v) is 3.77. The molecule has 0 atom stereocenters. The SMILES string of the molecule is CCc1ccccc1OCCC(=O)C1CCCC1. The molecule has 0 heterocycles. The van der Waals surface area contributed by atoms with Gasteiger partial charge in [-0.1, -0.05) is 38.0 Å². The molecule has 0 bridgehead atoms. The number of hydrogen-bond acceptors (Lipinski definition) is 2. The van der Waals surface area contributed by atoms with Crippen molar-refractivity contribution in [1.29, 1.82) is 0 Å². The van der Waals surface area contributed by atoms with Gasteiger partial charge < -0.3 is 4.74 Å². The highest BCUT2D eigenvalue weighted by atomic mass is 16.5. The molecule has 1 fully saturated rings. The van der Waals surface area contributed by atoms with Gasteiger partial charge in [0.05, 0.1) is 6.61 Å². The first-order chi connectivity index (χ1) is 8.81. The minimum Gasteiger partial charge on any atom is -0.493 e. The lowest BCUT2D eigenvalue weighted by molar-refractivity contribution is -0.123. The second-order valence-corrected chi connectivity index (χ2v) is 5.01. The fourth-order valence-electron chi connectivity index (χ4n) is 2.65. The number of benzene rings is 1. The Labute approximate surface area is 109 Å². The Morgan fingerprint density at radius 3 is 2.72 bits per heavy atom. The number of ether oxygens (including phenoxy) is 1. The molecule has 18 heavy (non-hydrogen) atoms. The van der Waals surface area contributed by atoms with Crippen LogP contribution in [0.15, 0.2) is 24.3 Å². The summed E-state index contributed by atoms with van der Waals surface area (Å²) in [4.78, 5) is 11.9. The summed E-state index contributed by atoms with van der Waals surface area (Å²) >= 11 is 0. The second kappa shape index (κ2) is 6.58. The summed E-state index contributed by atoms with van der Waals surface area (Å²) in [6.07, 6.45) is 6.14. The topological polar surface area (TPSA) is 26.3 Å². The lowest BCUT2D eigenvalue weighted by Crippen LogP contribution is -2.14. The Hall–Kier alpha value is -1.31. The third-order valence-electron chi connectivity index (χ3n) is 3.77. The average Bonchev–Trinajstić information content (AvgIpc) is 2.93. The lowest BCUT2D eigenvalue weighted by Gasteiger charge is -2.11. The smallest absolute Gasteiger partial charge is 0.139 e. The minimum atomic E-state index is 0.315. The predicted octanol–water partition coefficient (Wildman–Crippen LogP) is 3.78. The first kappa shape index (κ1) is 13.1. The van der Waals surface area contributed by atoms with Crippen molar-refractivity contribution in [2.45, 2.75) is 45.4 Å². The predicted molar refractivity (Wildman–Crippen MR) is 72.9 cm³/mol. The molecule has 1 aliphatic rings. The van der Waals surface area contributed by atoms with Crippen molar-refractivity contribution in [2.75, 3.05) is 6.61 Å². The Morgan fingerprint density at radius 1 is 1.28 bits per heavy atom. The Balaban J connectivity index is 1.79. The minimum absolute atomic E-state index is 0.315. The van der Waals surface area contributed by atoms with Gasteiger partial charge in [0.15, 0.2) is 0 Å². The Morgan fingerprint density at radius 2 is 2.00 bits per heavy atom. The van der Waals surface area contributed by atoms with Crippen LogP contribution in [0, 0.1) is 5.92 Å². The zero-order chi connectivity index (χ0) is 12.8. The normalized spacial score (nSPS) is 15.8. The summed E-state index contributed by atoms with van der Waals surface area (Å²) in [5.41, 5.74) is 1.21. The van der Waals surface area contributed by atoms with Crippen LogP contribution in [0.5, 0.6) is 5.75 Å². The highest BCUT2D eigenvalue weighted by molar-refractivity contribution is 5.81. The van der Waals surface area contributed by atoms with Crippen LogP contribution in [0.4, 0.5) is 0 Å². The molecule has 0 unspecified atom stereocenters. The van der Waals surface area contributed by atoms with Crippen LogP contribution in [0.3, 0.4) is 0 Å². The first-order valence-electron chi connectivity index (χ1n) is 7.04. The van der Waals surface area contributed by atoms with E-state index in [0.717, 1.165) is 25.0 Å². The van der Waals surface area contributed by atoms with Crippen LogP contribution < -0.4 is 4.74 Å². The maximum absolute atomic E-state index is 11.9. The summed E-state index contributed by atoms with van der Waals surface area (Å²) in [5.74, 6) is 1.63. The van der Waals surface area contributed by atoms with Crippen LogP contribution in [-0.4, -0.2) is 12.4 Å². The number of rotatable bonds is 6. The molecule has 0 saturated heterocycles. The van der Waals surface area contributed by atoms with Crippen molar-refractivity contribution in [2.24, 2.45) is 5.92 Å². The van der Waals surface area contributed by atoms with Crippen LogP contribution in [0.25, 0.3) is 0 Å². The first-order valence-corrected chi connectivity index (χ1v) is 7.04. The number of carbonyl (C=O) groups is 1. The number of hydrogen-bond donors (Lipinski definition) is 0. The second-order valence-electron chi connectivity index (χ2n) is 5.01. The van der Waals surface area contributed by atoms with Crippen LogP contribution in [0.2, 0.25) is 0 Å². The Kier molecular flexibility index (Phi) is 4.80. The zero-order valence-corrected chi connectivity index (χ0v) is 11.2. The molecule has 2 nitrogen and oxygen atoms in total. The molecule has 0 aliphatic heterocycles. The molecule has 0 amide bonds. The van der Waals surface area contributed by atoms with E-state index in [-0.39, 0.29) is 0 Å². The summed E-state index contributed by atoms with van der Waals surface area (Å²) in [5, 5.41) is 0. The van der Waals surface area contributed by atoms with E-state index in [2.05, 4.69) is 13.0 Å². The molecule has 2 heteroatoms. The number of para-hydroxylation sites is 1. The highest BCUT2D eigenvalue weighted by Crippen LogP contribution is 2.26. The molecule has 0 N–H and O–H groups in total. The van der Waals surface area contributed by atoms with Crippen LogP contribution in [-0.2, 0) is 11.2 Å². The summed E-state index contributed by atoms with van der Waals surface area (Å²) in [6, 6.07) is 8.07. The fourth-order valence-corrected chi connectivity index (χ4v) is 2.65. The Bertz CT molecular complexity index is 392. The number of ketones is 1. The number of carbonyl (C=O) groups excluding carboxylic acids is 1. The van der Waals surface area contributed by atoms with Gasteiger partial charge in [-0.2, -0.15) is 0 Å². The largest absolute Gasteiger partial charge is 0.493 e. The zero-order valence-electron chi connectivity index (χ0n) is 11.2. The van der Waals surface area contributed by atoms with Crippen molar-refractivity contribution in [1.82, 2.24) is 0 Å². The van der Waals surface area contributed by atoms with E-state index in [0.29, 0.717) is 24.7 Å². The van der Waals surface area contributed by atoms with Gasteiger partial charge in [-0.05, 0) is 30.9 Å². The van der Waals surface area contributed by atoms with E-state index in [1.54, 1.807) is 0 Å². The quantitative estimate of drug-likeness (QED) is 0.763. The molecule has 0 radical (unpaired) electrons. The van der Waals surface area contributed by atoms with Crippen molar-refractivity contribution < 1.29 is 9.53 Å². The van der Waals surface area contributed by atoms with Gasteiger partial charge in [-0.3, -0.25) is 4.79 Å². The third kappa shape index (κ3) is 3.34. The fraction of sp³-hybridized carbons (Fsp3) is 0.562. The molecule has 0 spiro atoms. The van der Waals surface area contributed by atoms with Gasteiger partial charge in [0.1, 0.15) is 11.5 Å². The van der Waals surface area contributed by atoms with Gasteiger partial charge >= 0.3 is 0 Å². The summed E-state index contributed by atoms with van der Waals surface area (Å²) in [7, 11) is 0. The van der Waals surface area contributed by atoms with Crippen molar-refractivity contribution >= 4 is 5.78 Å². The molecule has 0 aromatic heterocycles. The molecule has 2 rings (SSSR count). The summed E-state index contributed by atoms with van der Waals surface area (Å²) < 4.78 is 5.74. The average molecular weight is 246 g/mol. The van der Waals surface area contributed by atoms with Gasteiger partial charge in [0.25, 0.3) is 0 Å². The number of aryl methyl sites for hydroxylation is 1. The van der Waals surface area contributed by atoms with Crippen molar-refractivity contribution in [3.05, 3.63) is 29.8 Å². The molecule has 98 valence electrons. The lowest BCUT2D eigenvalue weighted by atomic mass is 10.0. The van der Waals surface area contributed by atoms with E-state index in [4.69, 9.17) is 4.74 Å². The standard InChI is InChI=1S/C16H22O2/c1-2-13-7-5-6-10-16(13)18-12-11-15(17)14-8-3-4-9-14/h5-7,10,14H,2-4,8-9,11-12H2,1H3. The van der Waals surface area contributed by atoms with Crippen LogP contribution >= 0.6 is 0 Å². The molecular formula is C16H22O2. The maximum atomic E-state index is 11.9. The monoisotopic (exact) mass is 246 g/mol. The highest BCUT2D eigenvalue weighted by Gasteiger charge is 2.22. The number of Topliss-reactive ketones (excluding diaryl/α,β-unsaturated/α-hetero) is 1. The maximum Gasteiger partial charge on any atom is 0.139 e. The van der Waals surface area contributed by atoms with E-state index in [1.165, 1.54) is 18.4 Å². The van der Waals surface area contributed by atoms with Crippen LogP contribution in [0.1, 0.15) is 44.6 Å². The van der Waals surface area contributed by atoms with E-state index >= 15 is 0 Å². The van der Waals surface area contributed by atoms with E-state index in [1.807, 2.05) is 18.2 Å². The molecule has 1 saturated carbocycles. The molecule has 1 aromatic carbocycles. The molecule has 1 aliphatic carbocycles. The molecular weight excluding hydrogens is 224 g/mol. The van der Waals surface area contributed by atoms with E-state index < -0.39 is 0 Å². The summed E-state index contributed by atoms with van der Waals surface area (Å²) in [6.45, 7) is 2.64. The molecule has 1 aromatic rings. The van der Waals surface area contributed by atoms with Crippen molar-refractivity contribution in [3.63, 3.8) is 0 Å². The van der Waals surface area contributed by atoms with Gasteiger partial charge in [-0.15, -0.1) is 0 Å². The van der Waals surface area contributed by atoms with Gasteiger partial charge in [0.2, 0.25) is 0 Å².